The van der Waals surface area contributed by atoms with Crippen LogP contribution in [0.4, 0.5) is 0 Å². The van der Waals surface area contributed by atoms with Crippen molar-refractivity contribution in [2.45, 2.75) is 24.2 Å². The molecule has 0 aliphatic heterocycles. The fourth-order valence-corrected chi connectivity index (χ4v) is 3.89. The zero-order valence-corrected chi connectivity index (χ0v) is 15.0. The van der Waals surface area contributed by atoms with E-state index in [4.69, 9.17) is 5.73 Å². The lowest BCUT2D eigenvalue weighted by Crippen LogP contribution is -2.25. The Morgan fingerprint density at radius 3 is 2.45 bits per heavy atom. The summed E-state index contributed by atoms with van der Waals surface area (Å²) >= 11 is 0. The van der Waals surface area contributed by atoms with Crippen LogP contribution in [0.3, 0.4) is 0 Å². The van der Waals surface area contributed by atoms with Gasteiger partial charge in [-0.3, -0.25) is 4.79 Å². The Balaban J connectivity index is 2.58. The SMILES string of the molecule is CSSCC(=O)c1ccc(S(=O)(=O)NCCCCCN)cc1. The average molecular weight is 363 g/mol. The first kappa shape index (κ1) is 19.5. The first-order valence-corrected chi connectivity index (χ1v) is 11.2. The number of hydrogen-bond acceptors (Lipinski definition) is 6. The van der Waals surface area contributed by atoms with Crippen molar-refractivity contribution in [3.63, 3.8) is 0 Å². The van der Waals surface area contributed by atoms with Gasteiger partial charge in [0, 0.05) is 12.1 Å². The quantitative estimate of drug-likeness (QED) is 0.357. The molecule has 0 unspecified atom stereocenters. The highest BCUT2D eigenvalue weighted by molar-refractivity contribution is 8.76. The average Bonchev–Trinajstić information content (AvgIpc) is 2.52. The highest BCUT2D eigenvalue weighted by Crippen LogP contribution is 2.19. The number of Topliss-reactive ketones (excluding diaryl/α,β-unsaturated/α-hetero) is 1. The van der Waals surface area contributed by atoms with E-state index in [2.05, 4.69) is 4.72 Å². The van der Waals surface area contributed by atoms with Gasteiger partial charge in [0.05, 0.1) is 10.6 Å². The Bertz CT molecular complexity index is 559. The summed E-state index contributed by atoms with van der Waals surface area (Å²) in [5.74, 6) is 0.380. The molecule has 0 radical (unpaired) electrons. The van der Waals surface area contributed by atoms with Crippen molar-refractivity contribution in [2.75, 3.05) is 25.1 Å². The van der Waals surface area contributed by atoms with Gasteiger partial charge in [-0.05, 0) is 37.8 Å². The van der Waals surface area contributed by atoms with Crippen LogP contribution in [0, 0.1) is 0 Å². The van der Waals surface area contributed by atoms with Gasteiger partial charge in [0.2, 0.25) is 10.0 Å². The minimum atomic E-state index is -3.51. The van der Waals surface area contributed by atoms with E-state index >= 15 is 0 Å². The summed E-state index contributed by atoms with van der Waals surface area (Å²) in [5, 5.41) is 0. The summed E-state index contributed by atoms with van der Waals surface area (Å²) in [7, 11) is -0.514. The number of carbonyl (C=O) groups is 1. The molecule has 22 heavy (non-hydrogen) atoms. The molecule has 0 aliphatic carbocycles. The van der Waals surface area contributed by atoms with Crippen molar-refractivity contribution >= 4 is 37.4 Å². The van der Waals surface area contributed by atoms with Crippen LogP contribution in [0.15, 0.2) is 29.2 Å². The topological polar surface area (TPSA) is 89.3 Å². The van der Waals surface area contributed by atoms with E-state index in [-0.39, 0.29) is 10.7 Å². The molecule has 0 atom stereocenters. The van der Waals surface area contributed by atoms with Gasteiger partial charge in [0.15, 0.2) is 5.78 Å². The number of hydrogen-bond donors (Lipinski definition) is 2. The molecule has 1 aromatic carbocycles. The zero-order chi connectivity index (χ0) is 16.4. The summed E-state index contributed by atoms with van der Waals surface area (Å²) in [6.07, 6.45) is 4.47. The third-order valence-electron chi connectivity index (χ3n) is 2.97. The van der Waals surface area contributed by atoms with Crippen molar-refractivity contribution in [3.05, 3.63) is 29.8 Å². The highest BCUT2D eigenvalue weighted by atomic mass is 33.1. The molecule has 0 saturated carbocycles. The van der Waals surface area contributed by atoms with Crippen molar-refractivity contribution in [3.8, 4) is 0 Å². The molecular weight excluding hydrogens is 340 g/mol. The van der Waals surface area contributed by atoms with Crippen LogP contribution < -0.4 is 10.5 Å². The molecule has 124 valence electrons. The first-order chi connectivity index (χ1) is 10.5. The third kappa shape index (κ3) is 6.70. The van der Waals surface area contributed by atoms with Crippen molar-refractivity contribution in [1.29, 1.82) is 0 Å². The summed E-state index contributed by atoms with van der Waals surface area (Å²) in [4.78, 5) is 12.0. The van der Waals surface area contributed by atoms with Crippen molar-refractivity contribution < 1.29 is 13.2 Å². The predicted octanol–water partition coefficient (Wildman–Crippen LogP) is 2.29. The summed E-state index contributed by atoms with van der Waals surface area (Å²) < 4.78 is 26.7. The first-order valence-electron chi connectivity index (χ1n) is 7.00. The van der Waals surface area contributed by atoms with Crippen LogP contribution >= 0.6 is 21.6 Å². The molecule has 8 heteroatoms. The smallest absolute Gasteiger partial charge is 0.240 e. The van der Waals surface area contributed by atoms with Gasteiger partial charge in [-0.1, -0.05) is 40.1 Å². The number of nitrogens with one attached hydrogen (secondary N) is 1. The fraction of sp³-hybridized carbons (Fsp3) is 0.500. The summed E-state index contributed by atoms with van der Waals surface area (Å²) in [6.45, 7) is 1.02. The molecule has 0 heterocycles. The molecule has 1 rings (SSSR count). The molecule has 0 aromatic heterocycles. The molecule has 0 aliphatic rings. The molecule has 3 N–H and O–H groups in total. The van der Waals surface area contributed by atoms with Crippen LogP contribution in [0.1, 0.15) is 29.6 Å². The van der Waals surface area contributed by atoms with E-state index in [1.54, 1.807) is 12.1 Å². The van der Waals surface area contributed by atoms with E-state index in [0.29, 0.717) is 24.4 Å². The minimum Gasteiger partial charge on any atom is -0.330 e. The second-order valence-corrected chi connectivity index (χ2v) is 8.96. The molecule has 0 amide bonds. The number of ketones is 1. The lowest BCUT2D eigenvalue weighted by atomic mass is 10.1. The fourth-order valence-electron chi connectivity index (χ4n) is 1.75. The second kappa shape index (κ2) is 10.3. The Morgan fingerprint density at radius 1 is 1.18 bits per heavy atom. The zero-order valence-electron chi connectivity index (χ0n) is 12.6. The van der Waals surface area contributed by atoms with Crippen molar-refractivity contribution in [1.82, 2.24) is 4.72 Å². The maximum Gasteiger partial charge on any atom is 0.240 e. The van der Waals surface area contributed by atoms with Gasteiger partial charge in [0.25, 0.3) is 0 Å². The Hall–Kier alpha value is -0.540. The maximum absolute atomic E-state index is 12.1. The minimum absolute atomic E-state index is 0.00181. The maximum atomic E-state index is 12.1. The van der Waals surface area contributed by atoms with E-state index < -0.39 is 10.0 Å². The van der Waals surface area contributed by atoms with Crippen LogP contribution in [0.2, 0.25) is 0 Å². The van der Waals surface area contributed by atoms with Crippen LogP contribution in [0.25, 0.3) is 0 Å². The standard InChI is InChI=1S/C14H22N2O3S3/c1-20-21-11-14(17)12-5-7-13(8-6-12)22(18,19)16-10-4-2-3-9-15/h5-8,16H,2-4,9-11,15H2,1H3. The van der Waals surface area contributed by atoms with Gasteiger partial charge in [0.1, 0.15) is 0 Å². The van der Waals surface area contributed by atoms with Gasteiger partial charge >= 0.3 is 0 Å². The molecule has 0 spiro atoms. The Morgan fingerprint density at radius 2 is 1.86 bits per heavy atom. The van der Waals surface area contributed by atoms with Crippen LogP contribution in [0.5, 0.6) is 0 Å². The number of rotatable bonds is 11. The largest absolute Gasteiger partial charge is 0.330 e. The molecular formula is C14H22N2O3S3. The van der Waals surface area contributed by atoms with Crippen LogP contribution in [-0.4, -0.2) is 39.3 Å². The highest BCUT2D eigenvalue weighted by Gasteiger charge is 2.14. The van der Waals surface area contributed by atoms with E-state index in [1.807, 2.05) is 6.26 Å². The Labute approximate surface area is 140 Å². The molecule has 1 aromatic rings. The van der Waals surface area contributed by atoms with Crippen LogP contribution in [-0.2, 0) is 10.0 Å². The van der Waals surface area contributed by atoms with Crippen molar-refractivity contribution in [2.24, 2.45) is 5.73 Å². The number of benzene rings is 1. The Kier molecular flexibility index (Phi) is 9.11. The summed E-state index contributed by atoms with van der Waals surface area (Å²) in [5.41, 5.74) is 5.92. The van der Waals surface area contributed by atoms with Gasteiger partial charge < -0.3 is 5.73 Å². The molecule has 0 fully saturated rings. The monoisotopic (exact) mass is 362 g/mol. The third-order valence-corrected chi connectivity index (χ3v) is 6.12. The molecule has 5 nitrogen and oxygen atoms in total. The normalized spacial score (nSPS) is 11.5. The molecule has 0 bridgehead atoms. The van der Waals surface area contributed by atoms with Gasteiger partial charge in [-0.15, -0.1) is 0 Å². The van der Waals surface area contributed by atoms with Gasteiger partial charge in [-0.2, -0.15) is 0 Å². The van der Waals surface area contributed by atoms with E-state index in [0.717, 1.165) is 19.3 Å². The second-order valence-electron chi connectivity index (χ2n) is 4.62. The number of nitrogens with two attached hydrogens (primary N) is 1. The van der Waals surface area contributed by atoms with E-state index in [1.165, 1.54) is 33.7 Å². The number of carbonyl (C=O) groups excluding carboxylic acids is 1. The predicted molar refractivity (Wildman–Crippen MR) is 94.8 cm³/mol. The number of sulfonamides is 1. The number of unbranched alkanes of at least 4 members (excludes halogenated alkanes) is 2. The van der Waals surface area contributed by atoms with Gasteiger partial charge in [-0.25, -0.2) is 13.1 Å². The summed E-state index contributed by atoms with van der Waals surface area (Å²) in [6, 6.07) is 6.07. The molecule has 0 saturated heterocycles. The lowest BCUT2D eigenvalue weighted by Gasteiger charge is -2.07. The lowest BCUT2D eigenvalue weighted by molar-refractivity contribution is 0.102. The van der Waals surface area contributed by atoms with E-state index in [9.17, 15) is 13.2 Å².